The molecule has 2 aromatic carbocycles. The zero-order valence-corrected chi connectivity index (χ0v) is 16.8. The fraction of sp³-hybridized carbons (Fsp3) is 0.364. The first-order valence-corrected chi connectivity index (χ1v) is 9.52. The van der Waals surface area contributed by atoms with Gasteiger partial charge in [-0.15, -0.1) is 0 Å². The van der Waals surface area contributed by atoms with Crippen LogP contribution < -0.4 is 20.3 Å². The number of nitrogens with one attached hydrogen (secondary N) is 2. The summed E-state index contributed by atoms with van der Waals surface area (Å²) in [6.45, 7) is 6.66. The summed E-state index contributed by atoms with van der Waals surface area (Å²) in [4.78, 5) is 26.9. The number of para-hydroxylation sites is 3. The fourth-order valence-corrected chi connectivity index (χ4v) is 3.45. The van der Waals surface area contributed by atoms with Crippen LogP contribution in [0, 0.1) is 6.92 Å². The van der Waals surface area contributed by atoms with E-state index in [-0.39, 0.29) is 18.4 Å². The lowest BCUT2D eigenvalue weighted by atomic mass is 9.98. The number of aryl methyl sites for hydroxylation is 1. The van der Waals surface area contributed by atoms with Crippen LogP contribution in [0.1, 0.15) is 30.9 Å². The Balaban J connectivity index is 1.81. The molecule has 0 fully saturated rings. The van der Waals surface area contributed by atoms with Gasteiger partial charge in [-0.2, -0.15) is 0 Å². The first-order chi connectivity index (χ1) is 13.4. The number of amides is 2. The molecule has 3 rings (SSSR count). The maximum absolute atomic E-state index is 12.9. The quantitative estimate of drug-likeness (QED) is 0.835. The van der Waals surface area contributed by atoms with E-state index < -0.39 is 6.10 Å². The summed E-state index contributed by atoms with van der Waals surface area (Å²) in [5.41, 5.74) is 3.82. The number of rotatable bonds is 5. The van der Waals surface area contributed by atoms with Crippen molar-refractivity contribution >= 4 is 23.2 Å². The molecule has 148 valence electrons. The maximum atomic E-state index is 12.9. The van der Waals surface area contributed by atoms with Gasteiger partial charge in [0.25, 0.3) is 5.91 Å². The van der Waals surface area contributed by atoms with E-state index in [1.807, 2.05) is 54.3 Å². The topological polar surface area (TPSA) is 70.7 Å². The molecule has 0 aromatic heterocycles. The van der Waals surface area contributed by atoms with E-state index in [9.17, 15) is 9.59 Å². The Morgan fingerprint density at radius 1 is 1.18 bits per heavy atom. The molecular formula is C22H27N3O3. The number of fused-ring (bicyclic) bond motifs is 1. The summed E-state index contributed by atoms with van der Waals surface area (Å²) >= 11 is 0. The van der Waals surface area contributed by atoms with Crippen molar-refractivity contribution in [1.82, 2.24) is 5.32 Å². The average Bonchev–Trinajstić information content (AvgIpc) is 2.68. The molecule has 2 N–H and O–H groups in total. The van der Waals surface area contributed by atoms with Crippen molar-refractivity contribution in [2.75, 3.05) is 30.4 Å². The number of ether oxygens (including phenoxy) is 1. The Morgan fingerprint density at radius 2 is 1.93 bits per heavy atom. The van der Waals surface area contributed by atoms with Crippen molar-refractivity contribution in [3.05, 3.63) is 53.6 Å². The van der Waals surface area contributed by atoms with Gasteiger partial charge in [0.2, 0.25) is 5.91 Å². The Bertz CT molecular complexity index is 879. The van der Waals surface area contributed by atoms with Crippen LogP contribution in [0.5, 0.6) is 5.75 Å². The van der Waals surface area contributed by atoms with Gasteiger partial charge in [0.05, 0.1) is 18.8 Å². The van der Waals surface area contributed by atoms with E-state index in [2.05, 4.69) is 24.5 Å². The first-order valence-electron chi connectivity index (χ1n) is 9.52. The summed E-state index contributed by atoms with van der Waals surface area (Å²) in [5, 5.41) is 5.69. The Morgan fingerprint density at radius 3 is 2.64 bits per heavy atom. The monoisotopic (exact) mass is 381 g/mol. The Labute approximate surface area is 165 Å². The highest BCUT2D eigenvalue weighted by molar-refractivity contribution is 5.96. The molecule has 2 amide bonds. The van der Waals surface area contributed by atoms with Gasteiger partial charge in [0.1, 0.15) is 5.75 Å². The van der Waals surface area contributed by atoms with Crippen LogP contribution in [0.25, 0.3) is 0 Å². The SMILES string of the molecule is CNC(=O)[C@H]1CN(CC(=O)Nc2c(C)cccc2C(C)C)c2ccccc2O1. The third-order valence-electron chi connectivity index (χ3n) is 4.93. The van der Waals surface area contributed by atoms with Gasteiger partial charge < -0.3 is 20.3 Å². The highest BCUT2D eigenvalue weighted by Crippen LogP contribution is 2.33. The number of hydrogen-bond acceptors (Lipinski definition) is 4. The molecule has 0 radical (unpaired) electrons. The molecule has 0 aliphatic carbocycles. The first kappa shape index (κ1) is 19.7. The predicted octanol–water partition coefficient (Wildman–Crippen LogP) is 3.07. The molecular weight excluding hydrogens is 354 g/mol. The summed E-state index contributed by atoms with van der Waals surface area (Å²) in [7, 11) is 1.58. The zero-order valence-electron chi connectivity index (χ0n) is 16.8. The number of benzene rings is 2. The van der Waals surface area contributed by atoms with E-state index in [4.69, 9.17) is 4.74 Å². The molecule has 0 saturated heterocycles. The number of nitrogens with zero attached hydrogens (tertiary/aromatic N) is 1. The molecule has 0 saturated carbocycles. The largest absolute Gasteiger partial charge is 0.477 e. The molecule has 0 bridgehead atoms. The van der Waals surface area contributed by atoms with Gasteiger partial charge in [-0.05, 0) is 36.1 Å². The Kier molecular flexibility index (Phi) is 5.87. The summed E-state index contributed by atoms with van der Waals surface area (Å²) < 4.78 is 5.80. The minimum absolute atomic E-state index is 0.122. The smallest absolute Gasteiger partial charge is 0.262 e. The number of hydrogen-bond donors (Lipinski definition) is 2. The molecule has 1 heterocycles. The number of carbonyl (C=O) groups excluding carboxylic acids is 2. The van der Waals surface area contributed by atoms with Gasteiger partial charge in [-0.25, -0.2) is 0 Å². The second kappa shape index (κ2) is 8.33. The van der Waals surface area contributed by atoms with Crippen LogP contribution in [0.3, 0.4) is 0 Å². The van der Waals surface area contributed by atoms with Crippen molar-refractivity contribution in [2.24, 2.45) is 0 Å². The molecule has 0 spiro atoms. The van der Waals surface area contributed by atoms with Crippen LogP contribution in [0.4, 0.5) is 11.4 Å². The van der Waals surface area contributed by atoms with Crippen LogP contribution in [0.2, 0.25) is 0 Å². The second-order valence-corrected chi connectivity index (χ2v) is 7.31. The fourth-order valence-electron chi connectivity index (χ4n) is 3.45. The molecule has 6 nitrogen and oxygen atoms in total. The number of likely N-dealkylation sites (N-methyl/N-ethyl adjacent to an activating group) is 1. The van der Waals surface area contributed by atoms with Crippen molar-refractivity contribution in [3.63, 3.8) is 0 Å². The van der Waals surface area contributed by atoms with Gasteiger partial charge in [-0.3, -0.25) is 9.59 Å². The number of anilines is 2. The van der Waals surface area contributed by atoms with Gasteiger partial charge in [0, 0.05) is 12.7 Å². The normalized spacial score (nSPS) is 15.6. The van der Waals surface area contributed by atoms with Crippen LogP contribution in [-0.2, 0) is 9.59 Å². The summed E-state index contributed by atoms with van der Waals surface area (Å²) in [6, 6.07) is 13.5. The van der Waals surface area contributed by atoms with E-state index in [0.717, 1.165) is 22.5 Å². The number of carbonyl (C=O) groups is 2. The second-order valence-electron chi connectivity index (χ2n) is 7.31. The van der Waals surface area contributed by atoms with E-state index in [1.54, 1.807) is 7.05 Å². The maximum Gasteiger partial charge on any atom is 0.262 e. The van der Waals surface area contributed by atoms with Crippen molar-refractivity contribution in [3.8, 4) is 5.75 Å². The standard InChI is InChI=1S/C22H27N3O3/c1-14(2)16-9-7-8-15(3)21(16)24-20(26)13-25-12-19(22(27)23-4)28-18-11-6-5-10-17(18)25/h5-11,14,19H,12-13H2,1-4H3,(H,23,27)(H,24,26)/t19-/m1/s1. The van der Waals surface area contributed by atoms with Crippen LogP contribution >= 0.6 is 0 Å². The summed E-state index contributed by atoms with van der Waals surface area (Å²) in [5.74, 6) is 0.579. The molecule has 28 heavy (non-hydrogen) atoms. The van der Waals surface area contributed by atoms with E-state index in [1.165, 1.54) is 0 Å². The van der Waals surface area contributed by atoms with Crippen LogP contribution in [0.15, 0.2) is 42.5 Å². The van der Waals surface area contributed by atoms with E-state index in [0.29, 0.717) is 18.2 Å². The average molecular weight is 381 g/mol. The van der Waals surface area contributed by atoms with Gasteiger partial charge in [0.15, 0.2) is 6.10 Å². The third-order valence-corrected chi connectivity index (χ3v) is 4.93. The van der Waals surface area contributed by atoms with Crippen molar-refractivity contribution in [1.29, 1.82) is 0 Å². The molecule has 1 aliphatic heterocycles. The highest BCUT2D eigenvalue weighted by atomic mass is 16.5. The molecule has 0 unspecified atom stereocenters. The Hall–Kier alpha value is -3.02. The lowest BCUT2D eigenvalue weighted by Crippen LogP contribution is -2.50. The lowest BCUT2D eigenvalue weighted by molar-refractivity contribution is -0.127. The molecule has 1 aliphatic rings. The zero-order chi connectivity index (χ0) is 20.3. The third kappa shape index (κ3) is 4.11. The van der Waals surface area contributed by atoms with Crippen molar-refractivity contribution < 1.29 is 14.3 Å². The highest BCUT2D eigenvalue weighted by Gasteiger charge is 2.31. The van der Waals surface area contributed by atoms with Crippen LogP contribution in [-0.4, -0.2) is 38.1 Å². The van der Waals surface area contributed by atoms with Crippen molar-refractivity contribution in [2.45, 2.75) is 32.8 Å². The lowest BCUT2D eigenvalue weighted by Gasteiger charge is -2.35. The molecule has 6 heteroatoms. The predicted molar refractivity (Wildman–Crippen MR) is 111 cm³/mol. The minimum Gasteiger partial charge on any atom is -0.477 e. The van der Waals surface area contributed by atoms with Gasteiger partial charge in [-0.1, -0.05) is 44.2 Å². The summed E-state index contributed by atoms with van der Waals surface area (Å²) in [6.07, 6.45) is -0.655. The van der Waals surface area contributed by atoms with E-state index >= 15 is 0 Å². The molecule has 2 aromatic rings. The van der Waals surface area contributed by atoms with Gasteiger partial charge >= 0.3 is 0 Å². The minimum atomic E-state index is -0.655. The molecule has 1 atom stereocenters.